The predicted octanol–water partition coefficient (Wildman–Crippen LogP) is 2.45. The van der Waals surface area contributed by atoms with Crippen molar-refractivity contribution in [2.45, 2.75) is 45.3 Å². The molecule has 1 amide bonds. The molecule has 0 saturated heterocycles. The number of methoxy groups -OCH3 is 2. The molecule has 6 nitrogen and oxygen atoms in total. The third kappa shape index (κ3) is 7.19. The number of hydrogen-bond donors (Lipinski definition) is 2. The zero-order valence-corrected chi connectivity index (χ0v) is 15.0. The molecule has 0 aromatic heterocycles. The molecule has 6 heteroatoms. The van der Waals surface area contributed by atoms with Crippen LogP contribution in [0.4, 0.5) is 0 Å². The van der Waals surface area contributed by atoms with Crippen molar-refractivity contribution >= 4 is 5.91 Å². The molecule has 0 aliphatic carbocycles. The summed E-state index contributed by atoms with van der Waals surface area (Å²) in [4.78, 5) is 11.8. The van der Waals surface area contributed by atoms with E-state index < -0.39 is 6.10 Å². The summed E-state index contributed by atoms with van der Waals surface area (Å²) in [6.07, 6.45) is 0.799. The molecule has 2 N–H and O–H groups in total. The highest BCUT2D eigenvalue weighted by molar-refractivity contribution is 5.75. The number of aliphatic hydroxyl groups is 1. The van der Waals surface area contributed by atoms with Crippen molar-refractivity contribution in [3.05, 3.63) is 23.8 Å². The molecule has 24 heavy (non-hydrogen) atoms. The van der Waals surface area contributed by atoms with Gasteiger partial charge in [0, 0.05) is 31.2 Å². The van der Waals surface area contributed by atoms with Crippen LogP contribution in [0.25, 0.3) is 0 Å². The first-order valence-corrected chi connectivity index (χ1v) is 8.26. The predicted molar refractivity (Wildman–Crippen MR) is 92.5 cm³/mol. The Hall–Kier alpha value is -1.79. The topological polar surface area (TPSA) is 77.0 Å². The minimum atomic E-state index is -0.763. The zero-order valence-electron chi connectivity index (χ0n) is 15.0. The lowest BCUT2D eigenvalue weighted by molar-refractivity contribution is -0.121. The van der Waals surface area contributed by atoms with E-state index >= 15 is 0 Å². The first kappa shape index (κ1) is 20.3. The minimum absolute atomic E-state index is 0.0777. The van der Waals surface area contributed by atoms with Gasteiger partial charge in [0.25, 0.3) is 0 Å². The van der Waals surface area contributed by atoms with Crippen LogP contribution in [0.2, 0.25) is 0 Å². The van der Waals surface area contributed by atoms with Crippen LogP contribution in [0.1, 0.15) is 44.8 Å². The molecule has 0 bridgehead atoms. The highest BCUT2D eigenvalue weighted by Crippen LogP contribution is 2.31. The maximum atomic E-state index is 11.8. The number of carbonyl (C=O) groups is 1. The summed E-state index contributed by atoms with van der Waals surface area (Å²) in [6.45, 7) is 5.16. The Morgan fingerprint density at radius 2 is 2.00 bits per heavy atom. The molecule has 0 aliphatic heterocycles. The molecule has 0 saturated carbocycles. The first-order valence-electron chi connectivity index (χ1n) is 8.26. The largest absolute Gasteiger partial charge is 0.497 e. The molecule has 0 heterocycles. The lowest BCUT2D eigenvalue weighted by atomic mass is 10.0. The lowest BCUT2D eigenvalue weighted by Gasteiger charge is -2.15. The molecule has 0 spiro atoms. The van der Waals surface area contributed by atoms with Crippen LogP contribution in [0.5, 0.6) is 11.5 Å². The average molecular weight is 339 g/mol. The van der Waals surface area contributed by atoms with Gasteiger partial charge in [-0.05, 0) is 38.8 Å². The number of rotatable bonds is 11. The van der Waals surface area contributed by atoms with Crippen molar-refractivity contribution in [1.82, 2.24) is 5.32 Å². The summed E-state index contributed by atoms with van der Waals surface area (Å²) >= 11 is 0. The Kier molecular flexibility index (Phi) is 9.19. The lowest BCUT2D eigenvalue weighted by Crippen LogP contribution is -2.25. The molecular weight excluding hydrogens is 310 g/mol. The van der Waals surface area contributed by atoms with Gasteiger partial charge in [0.15, 0.2) is 0 Å². The van der Waals surface area contributed by atoms with E-state index in [2.05, 4.69) is 5.32 Å². The van der Waals surface area contributed by atoms with Crippen LogP contribution in [0.15, 0.2) is 18.2 Å². The fourth-order valence-corrected chi connectivity index (χ4v) is 2.22. The number of benzene rings is 1. The summed E-state index contributed by atoms with van der Waals surface area (Å²) in [5.41, 5.74) is 0.649. The molecule has 0 fully saturated rings. The maximum absolute atomic E-state index is 11.8. The van der Waals surface area contributed by atoms with Crippen molar-refractivity contribution in [2.24, 2.45) is 0 Å². The van der Waals surface area contributed by atoms with Crippen molar-refractivity contribution in [3.8, 4) is 11.5 Å². The van der Waals surface area contributed by atoms with Crippen molar-refractivity contribution < 1.29 is 24.1 Å². The second-order valence-corrected chi connectivity index (χ2v) is 5.79. The van der Waals surface area contributed by atoms with E-state index in [-0.39, 0.29) is 18.4 Å². The number of amides is 1. The molecule has 0 radical (unpaired) electrons. The highest BCUT2D eigenvalue weighted by Gasteiger charge is 2.15. The standard InChI is InChI=1S/C18H29NO5/c1-13(2)24-11-5-10-19-18(21)9-8-16(20)15-7-6-14(22-3)12-17(15)23-4/h6-7,12-13,16,20H,5,8-11H2,1-4H3,(H,19,21). The molecule has 1 rings (SSSR count). The molecule has 0 aliphatic rings. The Morgan fingerprint density at radius 1 is 1.25 bits per heavy atom. The Labute approximate surface area is 144 Å². The van der Waals surface area contributed by atoms with Gasteiger partial charge in [-0.2, -0.15) is 0 Å². The van der Waals surface area contributed by atoms with Crippen LogP contribution in [0, 0.1) is 0 Å². The smallest absolute Gasteiger partial charge is 0.220 e. The minimum Gasteiger partial charge on any atom is -0.497 e. The third-order valence-electron chi connectivity index (χ3n) is 3.54. The monoisotopic (exact) mass is 339 g/mol. The molecular formula is C18H29NO5. The van der Waals surface area contributed by atoms with E-state index in [9.17, 15) is 9.90 Å². The average Bonchev–Trinajstić information content (AvgIpc) is 2.58. The quantitative estimate of drug-likeness (QED) is 0.606. The number of nitrogens with one attached hydrogen (secondary N) is 1. The van der Waals surface area contributed by atoms with Crippen molar-refractivity contribution in [3.63, 3.8) is 0 Å². The van der Waals surface area contributed by atoms with Gasteiger partial charge in [-0.25, -0.2) is 0 Å². The molecule has 1 aromatic rings. The number of carbonyl (C=O) groups excluding carboxylic acids is 1. The van der Waals surface area contributed by atoms with Crippen LogP contribution >= 0.6 is 0 Å². The second-order valence-electron chi connectivity index (χ2n) is 5.79. The van der Waals surface area contributed by atoms with Gasteiger partial charge in [-0.1, -0.05) is 0 Å². The Morgan fingerprint density at radius 3 is 2.62 bits per heavy atom. The van der Waals surface area contributed by atoms with Gasteiger partial charge in [-0.15, -0.1) is 0 Å². The van der Waals surface area contributed by atoms with E-state index in [1.807, 2.05) is 13.8 Å². The van der Waals surface area contributed by atoms with Crippen LogP contribution in [0.3, 0.4) is 0 Å². The van der Waals surface area contributed by atoms with E-state index in [1.54, 1.807) is 25.3 Å². The van der Waals surface area contributed by atoms with Gasteiger partial charge in [-0.3, -0.25) is 4.79 Å². The molecule has 1 aromatic carbocycles. The molecule has 1 unspecified atom stereocenters. The van der Waals surface area contributed by atoms with Crippen molar-refractivity contribution in [2.75, 3.05) is 27.4 Å². The van der Waals surface area contributed by atoms with E-state index in [4.69, 9.17) is 14.2 Å². The summed E-state index contributed by atoms with van der Waals surface area (Å²) < 4.78 is 15.8. The Bertz CT molecular complexity index is 504. The maximum Gasteiger partial charge on any atom is 0.220 e. The highest BCUT2D eigenvalue weighted by atomic mass is 16.5. The van der Waals surface area contributed by atoms with Gasteiger partial charge in [0.05, 0.1) is 26.4 Å². The van der Waals surface area contributed by atoms with E-state index in [1.165, 1.54) is 7.11 Å². The van der Waals surface area contributed by atoms with Gasteiger partial charge >= 0.3 is 0 Å². The van der Waals surface area contributed by atoms with Gasteiger partial charge in [0.1, 0.15) is 11.5 Å². The summed E-state index contributed by atoms with van der Waals surface area (Å²) in [7, 11) is 3.11. The Balaban J connectivity index is 2.37. The summed E-state index contributed by atoms with van der Waals surface area (Å²) in [6, 6.07) is 5.23. The van der Waals surface area contributed by atoms with Crippen LogP contribution in [-0.4, -0.2) is 44.5 Å². The van der Waals surface area contributed by atoms with Gasteiger partial charge < -0.3 is 24.6 Å². The SMILES string of the molecule is COc1ccc(C(O)CCC(=O)NCCCOC(C)C)c(OC)c1. The fraction of sp³-hybridized carbons (Fsp3) is 0.611. The number of aliphatic hydroxyl groups excluding tert-OH is 1. The number of ether oxygens (including phenoxy) is 3. The van der Waals surface area contributed by atoms with E-state index in [0.29, 0.717) is 36.6 Å². The number of hydrogen-bond acceptors (Lipinski definition) is 5. The third-order valence-corrected chi connectivity index (χ3v) is 3.54. The summed E-state index contributed by atoms with van der Waals surface area (Å²) in [5.74, 6) is 1.13. The van der Waals surface area contributed by atoms with Gasteiger partial charge in [0.2, 0.25) is 5.91 Å². The normalized spacial score (nSPS) is 12.1. The van der Waals surface area contributed by atoms with Crippen LogP contribution in [-0.2, 0) is 9.53 Å². The van der Waals surface area contributed by atoms with Crippen molar-refractivity contribution in [1.29, 1.82) is 0 Å². The fourth-order valence-electron chi connectivity index (χ4n) is 2.22. The zero-order chi connectivity index (χ0) is 17.9. The second kappa shape index (κ2) is 10.9. The van der Waals surface area contributed by atoms with Crippen LogP contribution < -0.4 is 14.8 Å². The van der Waals surface area contributed by atoms with E-state index in [0.717, 1.165) is 6.42 Å². The molecule has 1 atom stereocenters. The molecule has 136 valence electrons. The summed E-state index contributed by atoms with van der Waals surface area (Å²) in [5, 5.41) is 13.1. The first-order chi connectivity index (χ1) is 11.5.